The Morgan fingerprint density at radius 3 is 2.02 bits per heavy atom. The van der Waals surface area contributed by atoms with Crippen molar-refractivity contribution in [1.29, 1.82) is 0 Å². The number of carbonyl (C=O) groups excluding carboxylic acids is 1. The number of ether oxygens (including phenoxy) is 8. The van der Waals surface area contributed by atoms with Crippen LogP contribution in [-0.2, 0) is 44.5 Å². The van der Waals surface area contributed by atoms with Crippen LogP contribution in [0.5, 0.6) is 0 Å². The molecule has 6 rings (SSSR count). The number of nitrogens with zero attached hydrogens (tertiary/aromatic N) is 1. The molecular weight excluding hydrogens is 662 g/mol. The first-order valence-electron chi connectivity index (χ1n) is 17.0. The Morgan fingerprint density at radius 2 is 1.53 bits per heavy atom. The predicted molar refractivity (Wildman–Crippen MR) is 196 cm³/mol. The molecule has 1 saturated carbocycles. The second-order valence-electron chi connectivity index (χ2n) is 12.5. The van der Waals surface area contributed by atoms with Crippen LogP contribution in [0.1, 0.15) is 101 Å². The molecule has 0 amide bonds. The number of morpholine rings is 1. The van der Waals surface area contributed by atoms with E-state index in [1.54, 1.807) is 40.4 Å². The van der Waals surface area contributed by atoms with Crippen LogP contribution in [0.25, 0.3) is 0 Å². The highest BCUT2D eigenvalue weighted by Gasteiger charge is 2.31. The van der Waals surface area contributed by atoms with Crippen molar-refractivity contribution < 1.29 is 51.5 Å². The molecule has 2 atom stereocenters. The lowest BCUT2D eigenvalue weighted by molar-refractivity contribution is -0.0816. The number of rotatable bonds is 9. The lowest BCUT2D eigenvalue weighted by atomic mass is 10.1. The van der Waals surface area contributed by atoms with Crippen LogP contribution in [0.15, 0.2) is 37.9 Å². The minimum absolute atomic E-state index is 0. The molecule has 1 aromatic heterocycles. The van der Waals surface area contributed by atoms with Crippen molar-refractivity contribution in [3.05, 3.63) is 57.5 Å². The van der Waals surface area contributed by atoms with Crippen molar-refractivity contribution in [2.24, 2.45) is 0 Å². The normalized spacial score (nSPS) is 20.3. The Kier molecular flexibility index (Phi) is 25.7. The van der Waals surface area contributed by atoms with Crippen LogP contribution in [0.2, 0.25) is 0 Å². The Morgan fingerprint density at radius 1 is 0.863 bits per heavy atom. The lowest BCUT2D eigenvalue weighted by Crippen LogP contribution is -2.38. The zero-order valence-corrected chi connectivity index (χ0v) is 30.8. The van der Waals surface area contributed by atoms with Gasteiger partial charge in [-0.15, -0.1) is 0 Å². The van der Waals surface area contributed by atoms with Crippen molar-refractivity contribution in [3.63, 3.8) is 0 Å². The maximum Gasteiger partial charge on any atom is 0.519 e. The fraction of sp³-hybridized carbons (Fsp3) is 0.737. The van der Waals surface area contributed by atoms with Gasteiger partial charge in [-0.25, -0.2) is 9.59 Å². The van der Waals surface area contributed by atoms with Gasteiger partial charge in [-0.1, -0.05) is 45.9 Å². The first-order chi connectivity index (χ1) is 23.6. The van der Waals surface area contributed by atoms with Crippen molar-refractivity contribution in [3.8, 4) is 0 Å². The molecule has 1 aliphatic carbocycles. The second-order valence-corrected chi connectivity index (χ2v) is 12.5. The highest BCUT2D eigenvalue weighted by atomic mass is 16.7. The smallest absolute Gasteiger partial charge is 0.428 e. The van der Waals surface area contributed by atoms with Crippen molar-refractivity contribution in [2.45, 2.75) is 105 Å². The highest BCUT2D eigenvalue weighted by molar-refractivity contribution is 5.93. The molecule has 296 valence electrons. The van der Waals surface area contributed by atoms with Crippen LogP contribution in [-0.4, -0.2) is 110 Å². The molecule has 2 saturated heterocycles. The molecule has 0 spiro atoms. The summed E-state index contributed by atoms with van der Waals surface area (Å²) in [6, 6.07) is 7.22. The number of hydrogen-bond donors (Lipinski definition) is 0. The van der Waals surface area contributed by atoms with E-state index in [2.05, 4.69) is 27.6 Å². The highest BCUT2D eigenvalue weighted by Crippen LogP contribution is 2.30. The number of methoxy groups -OCH3 is 5. The fourth-order valence-electron chi connectivity index (χ4n) is 5.48. The third-order valence-corrected chi connectivity index (χ3v) is 8.23. The summed E-state index contributed by atoms with van der Waals surface area (Å²) in [5.74, 6) is -0.0543. The minimum Gasteiger partial charge on any atom is -0.428 e. The van der Waals surface area contributed by atoms with Crippen LogP contribution < -0.4 is 5.82 Å². The van der Waals surface area contributed by atoms with E-state index >= 15 is 0 Å². The Balaban J connectivity index is 0.000000612. The van der Waals surface area contributed by atoms with E-state index in [9.17, 15) is 9.59 Å². The predicted octanol–water partition coefficient (Wildman–Crippen LogP) is 6.59. The van der Waals surface area contributed by atoms with Gasteiger partial charge in [-0.2, -0.15) is 0 Å². The zero-order valence-electron chi connectivity index (χ0n) is 30.8. The number of hydrogen-bond acceptors (Lipinski definition) is 13. The summed E-state index contributed by atoms with van der Waals surface area (Å²) in [7, 11) is 8.29. The molecule has 13 heteroatoms. The summed E-state index contributed by atoms with van der Waals surface area (Å²) in [6.45, 7) is 12.7. The van der Waals surface area contributed by atoms with Gasteiger partial charge in [-0.05, 0) is 52.5 Å². The molecule has 2 aromatic rings. The lowest BCUT2D eigenvalue weighted by Gasteiger charge is -2.25. The monoisotopic (exact) mass is 729 g/mol. The average molecular weight is 730 g/mol. The number of cyclic esters (lactones) is 1. The van der Waals surface area contributed by atoms with Gasteiger partial charge in [-0.3, -0.25) is 4.90 Å². The SMILES string of the molecule is C.C.COC1CCCC1.COC1OC(=O)c2ccccc21.COCC1CCC(C)(C)O1.COCCN1CCOCC1.COCc1oc(=O)oc1C. The summed E-state index contributed by atoms with van der Waals surface area (Å²) in [6.07, 6.45) is 8.03. The third kappa shape index (κ3) is 18.6. The number of carbonyl (C=O) groups is 1. The van der Waals surface area contributed by atoms with Gasteiger partial charge in [0.25, 0.3) is 0 Å². The van der Waals surface area contributed by atoms with Crippen LogP contribution in [0.3, 0.4) is 0 Å². The first-order valence-corrected chi connectivity index (χ1v) is 17.0. The number of benzene rings is 1. The van der Waals surface area contributed by atoms with E-state index in [-0.39, 0.29) is 33.0 Å². The minimum atomic E-state index is -0.676. The van der Waals surface area contributed by atoms with Gasteiger partial charge in [0.1, 0.15) is 12.4 Å². The molecule has 2 unspecified atom stereocenters. The van der Waals surface area contributed by atoms with E-state index < -0.39 is 12.1 Å². The quantitative estimate of drug-likeness (QED) is 0.257. The van der Waals surface area contributed by atoms with Crippen molar-refractivity contribution in [2.75, 3.05) is 81.6 Å². The summed E-state index contributed by atoms with van der Waals surface area (Å²) in [5, 5.41) is 0. The third-order valence-electron chi connectivity index (χ3n) is 8.23. The van der Waals surface area contributed by atoms with Gasteiger partial charge in [0.15, 0.2) is 5.76 Å². The first kappa shape index (κ1) is 48.4. The van der Waals surface area contributed by atoms with E-state index in [1.807, 2.05) is 12.1 Å². The molecule has 3 aliphatic heterocycles. The standard InChI is InChI=1S/C9H8O3.C8H16O2.C7H15NO2.C6H8O4.C6H12O.2CH4/c1-11-9-7-5-3-2-4-6(7)8(10)12-9;1-8(2)5-4-7(10-8)6-9-3;1-9-5-2-8-3-6-10-7-4-8;1-4-5(3-8-2)10-6(7)9-4;1-7-6-4-2-3-5-6;;/h2-5,9H,1H3;7H,4-6H2,1-3H3;2-7H2,1H3;3H2,1-2H3;6H,2-5H2,1H3;2*1H4. The Hall–Kier alpha value is -2.62. The molecule has 0 radical (unpaired) electrons. The van der Waals surface area contributed by atoms with E-state index in [0.717, 1.165) is 64.5 Å². The number of esters is 1. The molecular formula is C38H67NO12. The maximum atomic E-state index is 11.1. The molecule has 0 bridgehead atoms. The number of aryl methyl sites for hydroxylation is 1. The van der Waals surface area contributed by atoms with E-state index in [4.69, 9.17) is 37.9 Å². The summed E-state index contributed by atoms with van der Waals surface area (Å²) >= 11 is 0. The zero-order chi connectivity index (χ0) is 36.1. The van der Waals surface area contributed by atoms with Gasteiger partial charge in [0.05, 0.1) is 49.8 Å². The van der Waals surface area contributed by atoms with Gasteiger partial charge in [0.2, 0.25) is 6.29 Å². The summed E-state index contributed by atoms with van der Waals surface area (Å²) < 4.78 is 49.7. The topological polar surface area (TPSA) is 138 Å². The Bertz CT molecular complexity index is 1220. The largest absolute Gasteiger partial charge is 0.519 e. The second kappa shape index (κ2) is 27.1. The molecule has 1 aromatic carbocycles. The number of fused-ring (bicyclic) bond motifs is 1. The van der Waals surface area contributed by atoms with E-state index in [1.165, 1.54) is 39.9 Å². The van der Waals surface area contributed by atoms with Gasteiger partial charge < -0.3 is 46.7 Å². The van der Waals surface area contributed by atoms with Crippen LogP contribution >= 0.6 is 0 Å². The molecule has 13 nitrogen and oxygen atoms in total. The molecule has 51 heavy (non-hydrogen) atoms. The molecule has 3 fully saturated rings. The molecule has 4 aliphatic rings. The maximum absolute atomic E-state index is 11.1. The van der Waals surface area contributed by atoms with E-state index in [0.29, 0.717) is 29.3 Å². The average Bonchev–Trinajstić information content (AvgIpc) is 3.89. The van der Waals surface area contributed by atoms with Gasteiger partial charge >= 0.3 is 11.8 Å². The van der Waals surface area contributed by atoms with Gasteiger partial charge in [0, 0.05) is 60.7 Å². The van der Waals surface area contributed by atoms with Crippen LogP contribution in [0.4, 0.5) is 0 Å². The molecule has 4 heterocycles. The van der Waals surface area contributed by atoms with Crippen molar-refractivity contribution in [1.82, 2.24) is 4.90 Å². The fourth-order valence-corrected chi connectivity index (χ4v) is 5.48. The molecule has 0 N–H and O–H groups in total. The summed E-state index contributed by atoms with van der Waals surface area (Å²) in [4.78, 5) is 23.9. The Labute approximate surface area is 306 Å². The van der Waals surface area contributed by atoms with Crippen molar-refractivity contribution >= 4 is 5.97 Å². The van der Waals surface area contributed by atoms with Crippen LogP contribution in [0, 0.1) is 6.92 Å². The summed E-state index contributed by atoms with van der Waals surface area (Å²) in [5.41, 5.74) is 1.50.